The van der Waals surface area contributed by atoms with Crippen LogP contribution in [0.5, 0.6) is 0 Å². The van der Waals surface area contributed by atoms with E-state index in [2.05, 4.69) is 17.0 Å². The molecule has 3 aromatic rings. The van der Waals surface area contributed by atoms with Crippen molar-refractivity contribution in [2.45, 2.75) is 54.7 Å². The lowest BCUT2D eigenvalue weighted by Crippen LogP contribution is -2.54. The van der Waals surface area contributed by atoms with Gasteiger partial charge in [0, 0.05) is 36.0 Å². The van der Waals surface area contributed by atoms with Crippen molar-refractivity contribution < 1.29 is 13.4 Å². The summed E-state index contributed by atoms with van der Waals surface area (Å²) in [6.07, 6.45) is 7.26. The first-order valence-corrected chi connectivity index (χ1v) is 12.2. The van der Waals surface area contributed by atoms with Crippen LogP contribution in [0.4, 0.5) is 0 Å². The SMILES string of the molecule is COC1(CS(=O)c2ccccc2)CC2CCC(C1)N2CCc1coc2ccccc12. The molecule has 0 saturated carbocycles. The van der Waals surface area contributed by atoms with E-state index in [1.165, 1.54) is 23.8 Å². The maximum Gasteiger partial charge on any atom is 0.134 e. The number of hydrogen-bond donors (Lipinski definition) is 0. The number of rotatable bonds is 7. The second-order valence-electron chi connectivity index (χ2n) is 8.73. The maximum atomic E-state index is 13.0. The molecule has 5 rings (SSSR count). The number of hydrogen-bond acceptors (Lipinski definition) is 4. The fourth-order valence-electron chi connectivity index (χ4n) is 5.47. The highest BCUT2D eigenvalue weighted by atomic mass is 32.2. The molecule has 3 heterocycles. The van der Waals surface area contributed by atoms with Crippen molar-refractivity contribution >= 4 is 21.8 Å². The molecule has 4 nitrogen and oxygen atoms in total. The highest BCUT2D eigenvalue weighted by Gasteiger charge is 2.49. The quantitative estimate of drug-likeness (QED) is 0.548. The van der Waals surface area contributed by atoms with E-state index in [9.17, 15) is 4.21 Å². The van der Waals surface area contributed by atoms with Crippen molar-refractivity contribution in [3.05, 3.63) is 66.4 Å². The number of benzene rings is 2. The molecule has 2 aliphatic heterocycles. The first-order chi connectivity index (χ1) is 14.7. The first-order valence-electron chi connectivity index (χ1n) is 10.9. The van der Waals surface area contributed by atoms with Crippen LogP contribution in [0.15, 0.2) is 70.2 Å². The van der Waals surface area contributed by atoms with Crippen LogP contribution in [-0.4, -0.2) is 46.2 Å². The van der Waals surface area contributed by atoms with Crippen LogP contribution in [0.25, 0.3) is 11.0 Å². The number of fused-ring (bicyclic) bond motifs is 3. The summed E-state index contributed by atoms with van der Waals surface area (Å²) >= 11 is 0. The lowest BCUT2D eigenvalue weighted by atomic mass is 9.87. The average molecular weight is 424 g/mol. The van der Waals surface area contributed by atoms with E-state index in [1.54, 1.807) is 7.11 Å². The van der Waals surface area contributed by atoms with Crippen molar-refractivity contribution in [1.82, 2.24) is 4.90 Å². The summed E-state index contributed by atoms with van der Waals surface area (Å²) in [7, 11) is 0.767. The first kappa shape index (κ1) is 20.0. The number of para-hydroxylation sites is 1. The molecule has 0 N–H and O–H groups in total. The predicted molar refractivity (Wildman–Crippen MR) is 120 cm³/mol. The smallest absolute Gasteiger partial charge is 0.134 e. The zero-order chi connectivity index (χ0) is 20.6. The van der Waals surface area contributed by atoms with Crippen LogP contribution >= 0.6 is 0 Å². The molecule has 0 spiro atoms. The summed E-state index contributed by atoms with van der Waals surface area (Å²) in [6, 6.07) is 19.1. The molecule has 2 bridgehead atoms. The van der Waals surface area contributed by atoms with Gasteiger partial charge in [0.15, 0.2) is 0 Å². The average Bonchev–Trinajstić information content (AvgIpc) is 3.30. The van der Waals surface area contributed by atoms with Crippen molar-refractivity contribution in [3.63, 3.8) is 0 Å². The molecule has 2 saturated heterocycles. The van der Waals surface area contributed by atoms with Gasteiger partial charge in [-0.25, -0.2) is 0 Å². The minimum absolute atomic E-state index is 0.286. The van der Waals surface area contributed by atoms with Crippen molar-refractivity contribution in [1.29, 1.82) is 0 Å². The summed E-state index contributed by atoms with van der Waals surface area (Å²) < 4.78 is 24.8. The molecule has 30 heavy (non-hydrogen) atoms. The summed E-state index contributed by atoms with van der Waals surface area (Å²) in [5.41, 5.74) is 1.97. The molecule has 2 aliphatic rings. The van der Waals surface area contributed by atoms with E-state index in [0.717, 1.165) is 36.3 Å². The van der Waals surface area contributed by atoms with E-state index in [4.69, 9.17) is 9.15 Å². The molecule has 2 fully saturated rings. The number of methoxy groups -OCH3 is 1. The summed E-state index contributed by atoms with van der Waals surface area (Å²) in [5.74, 6) is 0.584. The van der Waals surface area contributed by atoms with E-state index in [0.29, 0.717) is 17.8 Å². The van der Waals surface area contributed by atoms with Crippen molar-refractivity contribution in [2.24, 2.45) is 0 Å². The molecule has 0 aliphatic carbocycles. The second kappa shape index (κ2) is 8.29. The van der Waals surface area contributed by atoms with Gasteiger partial charge in [-0.2, -0.15) is 0 Å². The zero-order valence-corrected chi connectivity index (χ0v) is 18.3. The Bertz CT molecular complexity index is 1020. The van der Waals surface area contributed by atoms with Crippen LogP contribution in [0, 0.1) is 0 Å². The Morgan fingerprint density at radius 1 is 1.07 bits per heavy atom. The normalized spacial score (nSPS) is 27.5. The Morgan fingerprint density at radius 2 is 1.77 bits per heavy atom. The van der Waals surface area contributed by atoms with Gasteiger partial charge in [-0.05, 0) is 55.9 Å². The number of furan rings is 1. The Balaban J connectivity index is 1.27. The molecule has 1 aromatic heterocycles. The predicted octanol–water partition coefficient (Wildman–Crippen LogP) is 4.80. The Kier molecular flexibility index (Phi) is 5.52. The lowest BCUT2D eigenvalue weighted by Gasteiger charge is -2.45. The third kappa shape index (κ3) is 3.75. The number of piperidine rings is 1. The van der Waals surface area contributed by atoms with E-state index in [1.807, 2.05) is 48.7 Å². The van der Waals surface area contributed by atoms with E-state index >= 15 is 0 Å². The summed E-state index contributed by atoms with van der Waals surface area (Å²) in [6.45, 7) is 1.04. The molecule has 3 atom stereocenters. The largest absolute Gasteiger partial charge is 0.464 e. The number of ether oxygens (including phenoxy) is 1. The van der Waals surface area contributed by atoms with Gasteiger partial charge in [-0.15, -0.1) is 0 Å². The van der Waals surface area contributed by atoms with Gasteiger partial charge < -0.3 is 9.15 Å². The fourth-order valence-corrected chi connectivity index (χ4v) is 6.93. The zero-order valence-electron chi connectivity index (χ0n) is 17.5. The lowest BCUT2D eigenvalue weighted by molar-refractivity contribution is -0.0650. The van der Waals surface area contributed by atoms with Gasteiger partial charge in [0.25, 0.3) is 0 Å². The molecule has 0 radical (unpaired) electrons. The van der Waals surface area contributed by atoms with E-state index in [-0.39, 0.29) is 5.60 Å². The molecular weight excluding hydrogens is 394 g/mol. The van der Waals surface area contributed by atoms with Crippen LogP contribution in [0.3, 0.4) is 0 Å². The highest BCUT2D eigenvalue weighted by Crippen LogP contribution is 2.43. The molecule has 5 heteroatoms. The maximum absolute atomic E-state index is 13.0. The van der Waals surface area contributed by atoms with Crippen LogP contribution in [0.1, 0.15) is 31.2 Å². The minimum atomic E-state index is -1.03. The van der Waals surface area contributed by atoms with Crippen molar-refractivity contribution in [2.75, 3.05) is 19.4 Å². The third-order valence-corrected chi connectivity index (χ3v) is 8.61. The summed E-state index contributed by atoms with van der Waals surface area (Å²) in [5, 5.41) is 1.23. The van der Waals surface area contributed by atoms with Crippen LogP contribution in [-0.2, 0) is 22.0 Å². The Hall–Kier alpha value is -1.95. The van der Waals surface area contributed by atoms with Crippen LogP contribution in [0.2, 0.25) is 0 Å². The highest BCUT2D eigenvalue weighted by molar-refractivity contribution is 7.85. The standard InChI is InChI=1S/C25H29NO3S/c1-28-25(18-30(27)22-7-3-2-4-8-22)15-20-11-12-21(16-25)26(20)14-13-19-17-29-24-10-6-5-9-23(19)24/h2-10,17,20-21H,11-16,18H2,1H3. The van der Waals surface area contributed by atoms with Gasteiger partial charge in [-0.3, -0.25) is 9.11 Å². The van der Waals surface area contributed by atoms with Crippen LogP contribution < -0.4 is 0 Å². The molecular formula is C25H29NO3S. The molecule has 0 amide bonds. The number of nitrogens with zero attached hydrogens (tertiary/aromatic N) is 1. The monoisotopic (exact) mass is 423 g/mol. The van der Waals surface area contributed by atoms with E-state index < -0.39 is 10.8 Å². The topological polar surface area (TPSA) is 42.7 Å². The molecule has 3 unspecified atom stereocenters. The van der Waals surface area contributed by atoms with Crippen molar-refractivity contribution in [3.8, 4) is 0 Å². The van der Waals surface area contributed by atoms with Gasteiger partial charge in [0.1, 0.15) is 5.58 Å². The minimum Gasteiger partial charge on any atom is -0.464 e. The van der Waals surface area contributed by atoms with Gasteiger partial charge in [0.2, 0.25) is 0 Å². The summed E-state index contributed by atoms with van der Waals surface area (Å²) in [4.78, 5) is 3.57. The second-order valence-corrected chi connectivity index (χ2v) is 10.2. The third-order valence-electron chi connectivity index (χ3n) is 7.02. The Morgan fingerprint density at radius 3 is 2.50 bits per heavy atom. The van der Waals surface area contributed by atoms with Gasteiger partial charge in [0.05, 0.1) is 28.4 Å². The molecule has 2 aromatic carbocycles. The van der Waals surface area contributed by atoms with Gasteiger partial charge in [-0.1, -0.05) is 36.4 Å². The molecule has 158 valence electrons. The van der Waals surface area contributed by atoms with Gasteiger partial charge >= 0.3 is 0 Å². The fraction of sp³-hybridized carbons (Fsp3) is 0.440. The Labute approximate surface area is 180 Å².